The molecule has 1 atom stereocenters. The van der Waals surface area contributed by atoms with Gasteiger partial charge in [-0.15, -0.1) is 11.3 Å². The lowest BCUT2D eigenvalue weighted by atomic mass is 9.99. The minimum Gasteiger partial charge on any atom is -0.271 e. The number of hydrazine groups is 1. The highest BCUT2D eigenvalue weighted by Gasteiger charge is 2.15. The molecule has 1 heterocycles. The van der Waals surface area contributed by atoms with Crippen LogP contribution in [0.25, 0.3) is 10.1 Å². The highest BCUT2D eigenvalue weighted by atomic mass is 32.1. The third-order valence-electron chi connectivity index (χ3n) is 3.12. The monoisotopic (exact) mass is 254 g/mol. The molecule has 0 spiro atoms. The molecule has 0 saturated carbocycles. The van der Waals surface area contributed by atoms with Crippen molar-refractivity contribution < 1.29 is 0 Å². The van der Waals surface area contributed by atoms with Crippen molar-refractivity contribution in [3.05, 3.63) is 71.1 Å². The maximum absolute atomic E-state index is 5.74. The van der Waals surface area contributed by atoms with E-state index in [9.17, 15) is 0 Å². The number of nitrogens with two attached hydrogens (primary N) is 1. The smallest absolute Gasteiger partial charge is 0.0724 e. The average molecular weight is 254 g/mol. The summed E-state index contributed by atoms with van der Waals surface area (Å²) in [6.07, 6.45) is 0. The minimum atomic E-state index is 0.0438. The quantitative estimate of drug-likeness (QED) is 0.555. The van der Waals surface area contributed by atoms with Crippen LogP contribution in [-0.4, -0.2) is 0 Å². The van der Waals surface area contributed by atoms with E-state index < -0.39 is 0 Å². The van der Waals surface area contributed by atoms with E-state index in [-0.39, 0.29) is 6.04 Å². The van der Waals surface area contributed by atoms with Crippen molar-refractivity contribution >= 4 is 21.4 Å². The van der Waals surface area contributed by atoms with Gasteiger partial charge < -0.3 is 0 Å². The molecule has 1 unspecified atom stereocenters. The van der Waals surface area contributed by atoms with E-state index in [1.54, 1.807) is 11.3 Å². The molecule has 0 radical (unpaired) electrons. The van der Waals surface area contributed by atoms with Crippen molar-refractivity contribution in [2.75, 3.05) is 0 Å². The summed E-state index contributed by atoms with van der Waals surface area (Å²) in [5, 5.41) is 3.46. The zero-order chi connectivity index (χ0) is 12.4. The van der Waals surface area contributed by atoms with Gasteiger partial charge in [0.05, 0.1) is 6.04 Å². The van der Waals surface area contributed by atoms with E-state index >= 15 is 0 Å². The van der Waals surface area contributed by atoms with E-state index in [1.807, 2.05) is 18.2 Å². The lowest BCUT2D eigenvalue weighted by molar-refractivity contribution is 0.642. The number of benzene rings is 2. The second kappa shape index (κ2) is 4.90. The Morgan fingerprint density at radius 2 is 1.67 bits per heavy atom. The molecule has 0 aliphatic carbocycles. The van der Waals surface area contributed by atoms with Gasteiger partial charge in [-0.25, -0.2) is 5.43 Å². The summed E-state index contributed by atoms with van der Waals surface area (Å²) in [6.45, 7) is 0. The van der Waals surface area contributed by atoms with Gasteiger partial charge in [0.2, 0.25) is 0 Å². The number of fused-ring (bicyclic) bond motifs is 1. The Balaban J connectivity index is 2.12. The van der Waals surface area contributed by atoms with Gasteiger partial charge in [0.1, 0.15) is 0 Å². The highest BCUT2D eigenvalue weighted by molar-refractivity contribution is 7.17. The maximum Gasteiger partial charge on any atom is 0.0724 e. The fourth-order valence-corrected chi connectivity index (χ4v) is 3.22. The number of hydrogen-bond acceptors (Lipinski definition) is 3. The molecule has 0 aliphatic heterocycles. The van der Waals surface area contributed by atoms with Crippen LogP contribution in [-0.2, 0) is 0 Å². The van der Waals surface area contributed by atoms with E-state index in [1.165, 1.54) is 21.2 Å². The molecule has 0 bridgehead atoms. The zero-order valence-electron chi connectivity index (χ0n) is 9.84. The zero-order valence-corrected chi connectivity index (χ0v) is 10.7. The summed E-state index contributed by atoms with van der Waals surface area (Å²) in [7, 11) is 0. The molecule has 2 aromatic carbocycles. The first-order chi connectivity index (χ1) is 8.90. The molecule has 90 valence electrons. The second-order valence-corrected chi connectivity index (χ2v) is 5.11. The van der Waals surface area contributed by atoms with Crippen LogP contribution in [0.4, 0.5) is 0 Å². The predicted molar refractivity (Wildman–Crippen MR) is 77.4 cm³/mol. The highest BCUT2D eigenvalue weighted by Crippen LogP contribution is 2.32. The number of nitrogens with one attached hydrogen (secondary N) is 1. The molecular formula is C15H14N2S. The largest absolute Gasteiger partial charge is 0.271 e. The van der Waals surface area contributed by atoms with Gasteiger partial charge in [0.15, 0.2) is 0 Å². The first-order valence-corrected chi connectivity index (χ1v) is 6.75. The molecular weight excluding hydrogens is 240 g/mol. The Hall–Kier alpha value is -1.68. The maximum atomic E-state index is 5.74. The molecule has 3 rings (SSSR count). The lowest BCUT2D eigenvalue weighted by Crippen LogP contribution is -2.28. The van der Waals surface area contributed by atoms with Gasteiger partial charge in [0.25, 0.3) is 0 Å². The summed E-state index contributed by atoms with van der Waals surface area (Å²) < 4.78 is 1.30. The molecule has 3 aromatic rings. The Morgan fingerprint density at radius 1 is 0.944 bits per heavy atom. The minimum absolute atomic E-state index is 0.0438. The fourth-order valence-electron chi connectivity index (χ4n) is 2.23. The van der Waals surface area contributed by atoms with E-state index in [4.69, 9.17) is 5.84 Å². The van der Waals surface area contributed by atoms with Crippen LogP contribution in [0.2, 0.25) is 0 Å². The van der Waals surface area contributed by atoms with Crippen LogP contribution >= 0.6 is 11.3 Å². The SMILES string of the molecule is NNC(c1ccccc1)c1csc2ccccc12. The molecule has 0 amide bonds. The molecule has 0 aliphatic rings. The van der Waals surface area contributed by atoms with Crippen molar-refractivity contribution in [2.45, 2.75) is 6.04 Å². The molecule has 3 heteroatoms. The second-order valence-electron chi connectivity index (χ2n) is 4.20. The topological polar surface area (TPSA) is 38.0 Å². The van der Waals surface area contributed by atoms with Gasteiger partial charge in [-0.1, -0.05) is 48.5 Å². The molecule has 18 heavy (non-hydrogen) atoms. The van der Waals surface area contributed by atoms with Crippen molar-refractivity contribution in [3.63, 3.8) is 0 Å². The van der Waals surface area contributed by atoms with Crippen molar-refractivity contribution in [3.8, 4) is 0 Å². The molecule has 1 aromatic heterocycles. The lowest BCUT2D eigenvalue weighted by Gasteiger charge is -2.15. The van der Waals surface area contributed by atoms with Gasteiger partial charge >= 0.3 is 0 Å². The fraction of sp³-hybridized carbons (Fsp3) is 0.0667. The predicted octanol–water partition coefficient (Wildman–Crippen LogP) is 3.45. The van der Waals surface area contributed by atoms with Crippen LogP contribution in [0.5, 0.6) is 0 Å². The first-order valence-electron chi connectivity index (χ1n) is 5.87. The van der Waals surface area contributed by atoms with E-state index in [0.717, 1.165) is 0 Å². The van der Waals surface area contributed by atoms with Gasteiger partial charge in [0, 0.05) is 4.70 Å². The summed E-state index contributed by atoms with van der Waals surface area (Å²) >= 11 is 1.76. The van der Waals surface area contributed by atoms with Crippen LogP contribution in [0.15, 0.2) is 60.0 Å². The van der Waals surface area contributed by atoms with Crippen LogP contribution in [0, 0.1) is 0 Å². The summed E-state index contributed by atoms with van der Waals surface area (Å²) in [5.41, 5.74) is 5.34. The standard InChI is InChI=1S/C15H14N2S/c16-17-15(11-6-2-1-3-7-11)13-10-18-14-9-5-4-8-12(13)14/h1-10,15,17H,16H2. The third-order valence-corrected chi connectivity index (χ3v) is 4.10. The molecule has 2 nitrogen and oxygen atoms in total. The normalized spacial score (nSPS) is 12.7. The summed E-state index contributed by atoms with van der Waals surface area (Å²) in [5.74, 6) is 5.74. The Morgan fingerprint density at radius 3 is 2.44 bits per heavy atom. The average Bonchev–Trinajstić information content (AvgIpc) is 2.85. The summed E-state index contributed by atoms with van der Waals surface area (Å²) in [4.78, 5) is 0. The van der Waals surface area contributed by atoms with Crippen molar-refractivity contribution in [1.82, 2.24) is 5.43 Å². The Bertz CT molecular complexity index is 646. The molecule has 3 N–H and O–H groups in total. The van der Waals surface area contributed by atoms with Crippen molar-refractivity contribution in [1.29, 1.82) is 0 Å². The van der Waals surface area contributed by atoms with Gasteiger partial charge in [-0.05, 0) is 28.0 Å². The van der Waals surface area contributed by atoms with Crippen LogP contribution in [0.1, 0.15) is 17.2 Å². The van der Waals surface area contributed by atoms with Crippen LogP contribution in [0.3, 0.4) is 0 Å². The number of rotatable bonds is 3. The first kappa shape index (κ1) is 11.4. The molecule has 0 saturated heterocycles. The third kappa shape index (κ3) is 1.93. The van der Waals surface area contributed by atoms with E-state index in [0.29, 0.717) is 0 Å². The van der Waals surface area contributed by atoms with Gasteiger partial charge in [-0.2, -0.15) is 0 Å². The number of thiophene rings is 1. The molecule has 0 fully saturated rings. The number of hydrogen-bond donors (Lipinski definition) is 2. The van der Waals surface area contributed by atoms with E-state index in [2.05, 4.69) is 47.2 Å². The Kier molecular flexibility index (Phi) is 3.11. The van der Waals surface area contributed by atoms with Gasteiger partial charge in [-0.3, -0.25) is 5.84 Å². The Labute approximate surface area is 110 Å². The van der Waals surface area contributed by atoms with Crippen LogP contribution < -0.4 is 11.3 Å². The van der Waals surface area contributed by atoms with Crippen molar-refractivity contribution in [2.24, 2.45) is 5.84 Å². The summed E-state index contributed by atoms with van der Waals surface area (Å²) in [6, 6.07) is 18.7.